The summed E-state index contributed by atoms with van der Waals surface area (Å²) in [4.78, 5) is 38.3. The fraction of sp³-hybridized carbons (Fsp3) is 0.845. The topological polar surface area (TPSA) is 78.9 Å². The summed E-state index contributed by atoms with van der Waals surface area (Å²) in [5, 5.41) is 0. The van der Waals surface area contributed by atoms with Crippen LogP contribution in [0.5, 0.6) is 0 Å². The number of unbranched alkanes of at least 4 members (excludes halogenated alkanes) is 44. The number of rotatable bonds is 63. The maximum Gasteiger partial charge on any atom is 0.306 e. The van der Waals surface area contributed by atoms with Crippen LogP contribution < -0.4 is 0 Å². The van der Waals surface area contributed by atoms with Gasteiger partial charge in [0.15, 0.2) is 6.10 Å². The second-order valence-corrected chi connectivity index (χ2v) is 23.1. The van der Waals surface area contributed by atoms with E-state index in [0.717, 1.165) is 89.9 Å². The molecule has 450 valence electrons. The lowest BCUT2D eigenvalue weighted by atomic mass is 10.0. The molecule has 0 heterocycles. The molecule has 0 aromatic heterocycles. The number of hydrogen-bond donors (Lipinski definition) is 0. The van der Waals surface area contributed by atoms with Crippen LogP contribution in [0.1, 0.15) is 367 Å². The van der Waals surface area contributed by atoms with E-state index in [1.165, 1.54) is 238 Å². The van der Waals surface area contributed by atoms with Crippen molar-refractivity contribution in [1.29, 1.82) is 0 Å². The fourth-order valence-corrected chi connectivity index (χ4v) is 10.2. The van der Waals surface area contributed by atoms with Crippen LogP contribution in [0.25, 0.3) is 0 Å². The second-order valence-electron chi connectivity index (χ2n) is 23.1. The van der Waals surface area contributed by atoms with Gasteiger partial charge in [0.25, 0.3) is 0 Å². The smallest absolute Gasteiger partial charge is 0.306 e. The van der Waals surface area contributed by atoms with Crippen LogP contribution in [-0.4, -0.2) is 37.2 Å². The highest BCUT2D eigenvalue weighted by Gasteiger charge is 2.19. The molecule has 0 fully saturated rings. The number of hydrogen-bond acceptors (Lipinski definition) is 6. The zero-order valence-corrected chi connectivity index (χ0v) is 51.7. The van der Waals surface area contributed by atoms with Crippen LogP contribution in [0, 0.1) is 0 Å². The fourth-order valence-electron chi connectivity index (χ4n) is 10.2. The van der Waals surface area contributed by atoms with Gasteiger partial charge < -0.3 is 14.2 Å². The van der Waals surface area contributed by atoms with E-state index in [2.05, 4.69) is 69.4 Å². The minimum atomic E-state index is -0.781. The summed E-state index contributed by atoms with van der Waals surface area (Å²) in [6.07, 6.45) is 82.8. The van der Waals surface area contributed by atoms with E-state index in [0.29, 0.717) is 19.3 Å². The van der Waals surface area contributed by atoms with Gasteiger partial charge in [-0.2, -0.15) is 0 Å². The van der Waals surface area contributed by atoms with E-state index in [1.807, 2.05) is 0 Å². The van der Waals surface area contributed by atoms with E-state index in [4.69, 9.17) is 14.2 Å². The predicted octanol–water partition coefficient (Wildman–Crippen LogP) is 23.3. The van der Waals surface area contributed by atoms with Crippen molar-refractivity contribution in [3.8, 4) is 0 Å². The maximum absolute atomic E-state index is 12.9. The van der Waals surface area contributed by atoms with E-state index in [1.54, 1.807) is 0 Å². The highest BCUT2D eigenvalue weighted by molar-refractivity contribution is 5.71. The van der Waals surface area contributed by atoms with Crippen molar-refractivity contribution in [2.45, 2.75) is 374 Å². The SMILES string of the molecule is CCC/C=C\C/C=C\CCCCCCCC(=O)OCC(COC(=O)CCCCCCCCCCCCCCCCCCCCCCCCCCCCC)OC(=O)CCCCCCCCCCC/C=C\C/C=C\CCCCC. The summed E-state index contributed by atoms with van der Waals surface area (Å²) in [6, 6.07) is 0. The molecule has 0 amide bonds. The molecule has 77 heavy (non-hydrogen) atoms. The Labute approximate surface area is 479 Å². The van der Waals surface area contributed by atoms with Crippen LogP contribution >= 0.6 is 0 Å². The van der Waals surface area contributed by atoms with Gasteiger partial charge >= 0.3 is 17.9 Å². The minimum absolute atomic E-state index is 0.0757. The Morgan fingerprint density at radius 1 is 0.260 bits per heavy atom. The Morgan fingerprint density at radius 2 is 0.494 bits per heavy atom. The van der Waals surface area contributed by atoms with Gasteiger partial charge in [0.05, 0.1) is 0 Å². The van der Waals surface area contributed by atoms with Crippen molar-refractivity contribution in [3.63, 3.8) is 0 Å². The first-order valence-electron chi connectivity index (χ1n) is 34.1. The molecule has 0 bridgehead atoms. The van der Waals surface area contributed by atoms with Crippen molar-refractivity contribution >= 4 is 17.9 Å². The van der Waals surface area contributed by atoms with Crippen molar-refractivity contribution in [1.82, 2.24) is 0 Å². The molecule has 6 nitrogen and oxygen atoms in total. The summed E-state index contributed by atoms with van der Waals surface area (Å²) >= 11 is 0. The Balaban J connectivity index is 4.22. The van der Waals surface area contributed by atoms with E-state index in [-0.39, 0.29) is 31.1 Å². The van der Waals surface area contributed by atoms with Crippen LogP contribution in [0.4, 0.5) is 0 Å². The van der Waals surface area contributed by atoms with Crippen LogP contribution in [0.3, 0.4) is 0 Å². The molecule has 0 aromatic rings. The Hall–Kier alpha value is -2.63. The summed E-state index contributed by atoms with van der Waals surface area (Å²) < 4.78 is 16.9. The molecule has 6 heteroatoms. The lowest BCUT2D eigenvalue weighted by Crippen LogP contribution is -2.30. The number of esters is 3. The first-order valence-corrected chi connectivity index (χ1v) is 34.1. The largest absolute Gasteiger partial charge is 0.462 e. The predicted molar refractivity (Wildman–Crippen MR) is 335 cm³/mol. The van der Waals surface area contributed by atoms with Gasteiger partial charge in [0, 0.05) is 19.3 Å². The normalized spacial score (nSPS) is 12.3. The summed E-state index contributed by atoms with van der Waals surface area (Å²) in [5.41, 5.74) is 0. The molecule has 0 saturated carbocycles. The summed E-state index contributed by atoms with van der Waals surface area (Å²) in [7, 11) is 0. The number of carbonyl (C=O) groups excluding carboxylic acids is 3. The van der Waals surface area contributed by atoms with Crippen LogP contribution in [-0.2, 0) is 28.6 Å². The molecule has 0 saturated heterocycles. The third kappa shape index (κ3) is 64.1. The maximum atomic E-state index is 12.9. The molecule has 0 N–H and O–H groups in total. The van der Waals surface area contributed by atoms with Gasteiger partial charge in [-0.3, -0.25) is 14.4 Å². The molecule has 0 rings (SSSR count). The van der Waals surface area contributed by atoms with Gasteiger partial charge in [0.2, 0.25) is 0 Å². The van der Waals surface area contributed by atoms with Crippen molar-refractivity contribution in [2.75, 3.05) is 13.2 Å². The quantitative estimate of drug-likeness (QED) is 0.0261. The first kappa shape index (κ1) is 74.4. The molecular weight excluding hydrogens is 949 g/mol. The molecule has 0 aliphatic heterocycles. The second kappa shape index (κ2) is 65.9. The zero-order chi connectivity index (χ0) is 55.7. The monoisotopic (exact) mass is 1080 g/mol. The molecule has 1 atom stereocenters. The van der Waals surface area contributed by atoms with Crippen LogP contribution in [0.15, 0.2) is 48.6 Å². The average molecular weight is 1080 g/mol. The Kier molecular flexibility index (Phi) is 63.6. The third-order valence-electron chi connectivity index (χ3n) is 15.3. The van der Waals surface area contributed by atoms with E-state index in [9.17, 15) is 14.4 Å². The van der Waals surface area contributed by atoms with Gasteiger partial charge in [-0.15, -0.1) is 0 Å². The van der Waals surface area contributed by atoms with Crippen molar-refractivity contribution in [3.05, 3.63) is 48.6 Å². The molecule has 0 aromatic carbocycles. The lowest BCUT2D eigenvalue weighted by Gasteiger charge is -2.18. The molecular formula is C71H130O6. The highest BCUT2D eigenvalue weighted by Crippen LogP contribution is 2.18. The Morgan fingerprint density at radius 3 is 0.792 bits per heavy atom. The third-order valence-corrected chi connectivity index (χ3v) is 15.3. The standard InChI is InChI=1S/C71H130O6/c1-4-7-10-13-16-19-22-25-27-29-31-32-33-34-35-36-37-38-40-41-43-46-49-52-55-58-61-64-70(73)76-67-68(66-75-69(72)63-60-57-54-51-48-45-24-21-18-15-12-9-6-3)77-71(74)65-62-59-56-53-50-47-44-42-39-30-28-26-23-20-17-14-11-8-5-2/h12,15,17,20-21,24,26,28,68H,4-11,13-14,16,18-19,22-23,25,27,29-67H2,1-3H3/b15-12-,20-17-,24-21-,28-26-. The number of ether oxygens (including phenoxy) is 3. The van der Waals surface area contributed by atoms with Gasteiger partial charge in [-0.25, -0.2) is 0 Å². The Bertz CT molecular complexity index is 1330. The van der Waals surface area contributed by atoms with Crippen LogP contribution in [0.2, 0.25) is 0 Å². The van der Waals surface area contributed by atoms with E-state index < -0.39 is 6.10 Å². The molecule has 1 unspecified atom stereocenters. The van der Waals surface area contributed by atoms with E-state index >= 15 is 0 Å². The van der Waals surface area contributed by atoms with Crippen molar-refractivity contribution < 1.29 is 28.6 Å². The van der Waals surface area contributed by atoms with Gasteiger partial charge in [0.1, 0.15) is 13.2 Å². The summed E-state index contributed by atoms with van der Waals surface area (Å²) in [5.74, 6) is -0.873. The highest BCUT2D eigenvalue weighted by atomic mass is 16.6. The molecule has 0 spiro atoms. The molecule has 0 aliphatic rings. The van der Waals surface area contributed by atoms with Gasteiger partial charge in [-0.1, -0.05) is 320 Å². The molecule has 0 radical (unpaired) electrons. The number of allylic oxidation sites excluding steroid dienone is 8. The zero-order valence-electron chi connectivity index (χ0n) is 51.7. The molecule has 0 aliphatic carbocycles. The first-order chi connectivity index (χ1) is 38.0. The average Bonchev–Trinajstić information content (AvgIpc) is 3.43. The van der Waals surface area contributed by atoms with Crippen molar-refractivity contribution in [2.24, 2.45) is 0 Å². The van der Waals surface area contributed by atoms with Gasteiger partial charge in [-0.05, 0) is 77.0 Å². The summed E-state index contributed by atoms with van der Waals surface area (Å²) in [6.45, 7) is 6.60. The lowest BCUT2D eigenvalue weighted by molar-refractivity contribution is -0.167. The number of carbonyl (C=O) groups is 3. The minimum Gasteiger partial charge on any atom is -0.462 e.